The second kappa shape index (κ2) is 7.04. The van der Waals surface area contributed by atoms with Gasteiger partial charge in [0, 0.05) is 61.9 Å². The maximum Gasteiger partial charge on any atom is 0.222 e. The lowest BCUT2D eigenvalue weighted by Crippen LogP contribution is -2.54. The summed E-state index contributed by atoms with van der Waals surface area (Å²) in [6.07, 6.45) is 12.1. The van der Waals surface area contributed by atoms with Gasteiger partial charge in [-0.1, -0.05) is 0 Å². The summed E-state index contributed by atoms with van der Waals surface area (Å²) >= 11 is 0. The molecule has 2 saturated heterocycles. The Morgan fingerprint density at radius 3 is 3.08 bits per heavy atom. The Bertz CT molecular complexity index is 682. The van der Waals surface area contributed by atoms with Crippen molar-refractivity contribution in [1.29, 1.82) is 0 Å². The standard InChI is InChI=1S/C19H26N4O2/c24-18-2-6-19(14-23(18)8-3-17-10-20-15-21-17)5-1-7-22(13-19)11-16-4-9-25-12-16/h4,9-10,12,15H,1-3,5-8,11,13-14H2,(H,20,21). The van der Waals surface area contributed by atoms with Gasteiger partial charge in [-0.15, -0.1) is 0 Å². The van der Waals surface area contributed by atoms with Gasteiger partial charge in [-0.3, -0.25) is 9.69 Å². The van der Waals surface area contributed by atoms with Crippen LogP contribution in [0.25, 0.3) is 0 Å². The molecule has 1 unspecified atom stereocenters. The fourth-order valence-electron chi connectivity index (χ4n) is 4.40. The molecule has 2 aromatic rings. The van der Waals surface area contributed by atoms with Crippen molar-refractivity contribution < 1.29 is 9.21 Å². The average Bonchev–Trinajstić information content (AvgIpc) is 3.30. The molecule has 2 aliphatic heterocycles. The van der Waals surface area contributed by atoms with Crippen LogP contribution in [0.5, 0.6) is 0 Å². The number of hydrogen-bond acceptors (Lipinski definition) is 4. The lowest BCUT2D eigenvalue weighted by atomic mass is 9.73. The van der Waals surface area contributed by atoms with Crippen molar-refractivity contribution in [2.45, 2.75) is 38.6 Å². The molecule has 1 spiro atoms. The number of furan rings is 1. The molecule has 0 bridgehead atoms. The van der Waals surface area contributed by atoms with E-state index in [0.717, 1.165) is 51.3 Å². The van der Waals surface area contributed by atoms with Gasteiger partial charge in [-0.05, 0) is 31.9 Å². The number of aromatic nitrogens is 2. The number of rotatable bonds is 5. The fraction of sp³-hybridized carbons (Fsp3) is 0.579. The van der Waals surface area contributed by atoms with E-state index >= 15 is 0 Å². The summed E-state index contributed by atoms with van der Waals surface area (Å²) in [5, 5.41) is 0. The fourth-order valence-corrected chi connectivity index (χ4v) is 4.40. The van der Waals surface area contributed by atoms with Crippen LogP contribution in [0.1, 0.15) is 36.9 Å². The third-order valence-electron chi connectivity index (χ3n) is 5.68. The third kappa shape index (κ3) is 3.79. The molecule has 1 atom stereocenters. The van der Waals surface area contributed by atoms with Gasteiger partial charge >= 0.3 is 0 Å². The number of aromatic amines is 1. The molecule has 1 N–H and O–H groups in total. The van der Waals surface area contributed by atoms with E-state index in [1.54, 1.807) is 12.6 Å². The van der Waals surface area contributed by atoms with E-state index in [2.05, 4.69) is 19.8 Å². The summed E-state index contributed by atoms with van der Waals surface area (Å²) in [5.41, 5.74) is 2.59. The van der Waals surface area contributed by atoms with E-state index in [4.69, 9.17) is 4.42 Å². The van der Waals surface area contributed by atoms with Crippen molar-refractivity contribution in [2.24, 2.45) is 5.41 Å². The summed E-state index contributed by atoms with van der Waals surface area (Å²) in [4.78, 5) is 24.2. The number of likely N-dealkylation sites (tertiary alicyclic amines) is 2. The molecular formula is C19H26N4O2. The first-order chi connectivity index (χ1) is 12.2. The molecule has 2 fully saturated rings. The van der Waals surface area contributed by atoms with Crippen LogP contribution in [0.3, 0.4) is 0 Å². The maximum atomic E-state index is 12.4. The molecule has 2 aromatic heterocycles. The monoisotopic (exact) mass is 342 g/mol. The third-order valence-corrected chi connectivity index (χ3v) is 5.68. The average molecular weight is 342 g/mol. The highest BCUT2D eigenvalue weighted by Gasteiger charge is 2.41. The van der Waals surface area contributed by atoms with Crippen LogP contribution >= 0.6 is 0 Å². The van der Waals surface area contributed by atoms with Crippen LogP contribution in [0, 0.1) is 5.41 Å². The first-order valence-electron chi connectivity index (χ1n) is 9.21. The van der Waals surface area contributed by atoms with E-state index in [-0.39, 0.29) is 5.41 Å². The minimum atomic E-state index is 0.254. The molecule has 0 aromatic carbocycles. The number of imidazole rings is 1. The highest BCUT2D eigenvalue weighted by molar-refractivity contribution is 5.77. The minimum Gasteiger partial charge on any atom is -0.472 e. The number of hydrogen-bond donors (Lipinski definition) is 1. The molecular weight excluding hydrogens is 316 g/mol. The number of carbonyl (C=O) groups excluding carboxylic acids is 1. The van der Waals surface area contributed by atoms with Gasteiger partial charge in [0.15, 0.2) is 0 Å². The largest absolute Gasteiger partial charge is 0.472 e. The summed E-state index contributed by atoms with van der Waals surface area (Å²) < 4.78 is 5.20. The van der Waals surface area contributed by atoms with Crippen molar-refractivity contribution in [1.82, 2.24) is 19.8 Å². The Kier molecular flexibility index (Phi) is 4.61. The van der Waals surface area contributed by atoms with E-state index < -0.39 is 0 Å². The summed E-state index contributed by atoms with van der Waals surface area (Å²) in [5.74, 6) is 0.303. The van der Waals surface area contributed by atoms with Crippen molar-refractivity contribution in [3.05, 3.63) is 42.4 Å². The zero-order valence-corrected chi connectivity index (χ0v) is 14.6. The molecule has 134 valence electrons. The number of amides is 1. The van der Waals surface area contributed by atoms with Crippen molar-refractivity contribution in [2.75, 3.05) is 26.2 Å². The van der Waals surface area contributed by atoms with Gasteiger partial charge in [-0.25, -0.2) is 4.98 Å². The molecule has 0 radical (unpaired) electrons. The quantitative estimate of drug-likeness (QED) is 0.906. The Morgan fingerprint density at radius 2 is 2.28 bits per heavy atom. The normalized spacial score (nSPS) is 25.0. The molecule has 6 nitrogen and oxygen atoms in total. The van der Waals surface area contributed by atoms with Crippen molar-refractivity contribution in [3.8, 4) is 0 Å². The van der Waals surface area contributed by atoms with Gasteiger partial charge in [0.2, 0.25) is 5.91 Å². The van der Waals surface area contributed by atoms with Crippen LogP contribution in [0.4, 0.5) is 0 Å². The number of H-pyrrole nitrogens is 1. The van der Waals surface area contributed by atoms with Crippen LogP contribution in [0.2, 0.25) is 0 Å². The Morgan fingerprint density at radius 1 is 1.32 bits per heavy atom. The molecule has 25 heavy (non-hydrogen) atoms. The van der Waals surface area contributed by atoms with Crippen molar-refractivity contribution >= 4 is 5.91 Å². The van der Waals surface area contributed by atoms with Crippen LogP contribution in [-0.4, -0.2) is 51.9 Å². The minimum absolute atomic E-state index is 0.254. The zero-order chi connectivity index (χ0) is 17.1. The molecule has 1 amide bonds. The molecule has 6 heteroatoms. The summed E-state index contributed by atoms with van der Waals surface area (Å²) in [7, 11) is 0. The van der Waals surface area contributed by atoms with E-state index in [1.165, 1.54) is 18.4 Å². The predicted octanol–water partition coefficient (Wildman–Crippen LogP) is 2.45. The molecule has 4 rings (SSSR count). The second-order valence-electron chi connectivity index (χ2n) is 7.59. The number of piperidine rings is 2. The van der Waals surface area contributed by atoms with Crippen LogP contribution in [-0.2, 0) is 17.8 Å². The van der Waals surface area contributed by atoms with Gasteiger partial charge in [-0.2, -0.15) is 0 Å². The molecule has 2 aliphatic rings. The first-order valence-corrected chi connectivity index (χ1v) is 9.21. The van der Waals surface area contributed by atoms with Gasteiger partial charge in [0.25, 0.3) is 0 Å². The molecule has 0 saturated carbocycles. The highest BCUT2D eigenvalue weighted by Crippen LogP contribution is 2.39. The van der Waals surface area contributed by atoms with Crippen LogP contribution < -0.4 is 0 Å². The number of carbonyl (C=O) groups is 1. The van der Waals surface area contributed by atoms with Gasteiger partial charge in [0.05, 0.1) is 18.9 Å². The maximum absolute atomic E-state index is 12.4. The highest BCUT2D eigenvalue weighted by atomic mass is 16.3. The molecule has 4 heterocycles. The zero-order valence-electron chi connectivity index (χ0n) is 14.6. The lowest BCUT2D eigenvalue weighted by Gasteiger charge is -2.48. The van der Waals surface area contributed by atoms with Crippen LogP contribution in [0.15, 0.2) is 35.5 Å². The SMILES string of the molecule is O=C1CCC2(CCCN(Cc3ccoc3)C2)CN1CCc1cnc[nH]1. The second-order valence-corrected chi connectivity index (χ2v) is 7.59. The molecule has 0 aliphatic carbocycles. The number of nitrogens with one attached hydrogen (secondary N) is 1. The van der Waals surface area contributed by atoms with E-state index in [0.29, 0.717) is 12.3 Å². The van der Waals surface area contributed by atoms with Gasteiger partial charge < -0.3 is 14.3 Å². The predicted molar refractivity (Wildman–Crippen MR) is 93.8 cm³/mol. The van der Waals surface area contributed by atoms with Crippen molar-refractivity contribution in [3.63, 3.8) is 0 Å². The lowest BCUT2D eigenvalue weighted by molar-refractivity contribution is -0.139. The number of nitrogens with zero attached hydrogens (tertiary/aromatic N) is 3. The Labute approximate surface area is 148 Å². The van der Waals surface area contributed by atoms with Gasteiger partial charge in [0.1, 0.15) is 0 Å². The summed E-state index contributed by atoms with van der Waals surface area (Å²) in [6.45, 7) is 4.83. The van der Waals surface area contributed by atoms with E-state index in [9.17, 15) is 4.79 Å². The topological polar surface area (TPSA) is 65.4 Å². The summed E-state index contributed by atoms with van der Waals surface area (Å²) in [6, 6.07) is 2.04. The Hall–Kier alpha value is -2.08. The van der Waals surface area contributed by atoms with E-state index in [1.807, 2.05) is 18.5 Å². The smallest absolute Gasteiger partial charge is 0.222 e. The first kappa shape index (κ1) is 16.4. The Balaban J connectivity index is 1.39.